The molecular weight excluding hydrogens is 232 g/mol. The zero-order valence-electron chi connectivity index (χ0n) is 12.0. The lowest BCUT2D eigenvalue weighted by molar-refractivity contribution is 0.209. The first-order valence-corrected chi connectivity index (χ1v) is 7.84. The van der Waals surface area contributed by atoms with Crippen molar-refractivity contribution in [2.45, 2.75) is 56.7 Å². The Morgan fingerprint density at radius 2 is 2.00 bits per heavy atom. The van der Waals surface area contributed by atoms with Crippen molar-refractivity contribution in [1.29, 1.82) is 0 Å². The Morgan fingerprint density at radius 1 is 1.16 bits per heavy atom. The van der Waals surface area contributed by atoms with E-state index in [1.807, 2.05) is 0 Å². The van der Waals surface area contributed by atoms with E-state index in [-0.39, 0.29) is 0 Å². The van der Waals surface area contributed by atoms with Crippen molar-refractivity contribution in [3.63, 3.8) is 0 Å². The third kappa shape index (κ3) is 3.01. The predicted molar refractivity (Wildman–Crippen MR) is 80.4 cm³/mol. The van der Waals surface area contributed by atoms with Gasteiger partial charge in [-0.05, 0) is 44.8 Å². The van der Waals surface area contributed by atoms with E-state index in [9.17, 15) is 0 Å². The number of likely N-dealkylation sites (N-methyl/N-ethyl adjacent to an activating group) is 1. The number of likely N-dealkylation sites (tertiary alicyclic amines) is 1. The summed E-state index contributed by atoms with van der Waals surface area (Å²) in [6.07, 6.45) is 8.05. The van der Waals surface area contributed by atoms with Gasteiger partial charge in [-0.1, -0.05) is 43.2 Å². The average Bonchev–Trinajstić information content (AvgIpc) is 2.67. The SMILES string of the molecule is CN1C(Cc2ccccc2)CC2NCCCCCC21. The molecule has 2 heteroatoms. The van der Waals surface area contributed by atoms with Crippen molar-refractivity contribution in [3.8, 4) is 0 Å². The van der Waals surface area contributed by atoms with Crippen molar-refractivity contribution in [3.05, 3.63) is 35.9 Å². The molecule has 104 valence electrons. The van der Waals surface area contributed by atoms with Gasteiger partial charge in [-0.25, -0.2) is 0 Å². The summed E-state index contributed by atoms with van der Waals surface area (Å²) < 4.78 is 0. The number of nitrogens with zero attached hydrogens (tertiary/aromatic N) is 1. The Hall–Kier alpha value is -0.860. The quantitative estimate of drug-likeness (QED) is 0.877. The molecule has 0 aliphatic carbocycles. The Labute approximate surface area is 117 Å². The van der Waals surface area contributed by atoms with Gasteiger partial charge in [0.1, 0.15) is 0 Å². The molecule has 2 heterocycles. The number of rotatable bonds is 2. The van der Waals surface area contributed by atoms with E-state index in [2.05, 4.69) is 47.6 Å². The van der Waals surface area contributed by atoms with Crippen molar-refractivity contribution in [1.82, 2.24) is 10.2 Å². The summed E-state index contributed by atoms with van der Waals surface area (Å²) in [5, 5.41) is 3.79. The summed E-state index contributed by atoms with van der Waals surface area (Å²) in [5.41, 5.74) is 1.48. The predicted octanol–water partition coefficient (Wildman–Crippen LogP) is 2.83. The lowest BCUT2D eigenvalue weighted by atomic mass is 9.98. The van der Waals surface area contributed by atoms with Crippen molar-refractivity contribution in [2.75, 3.05) is 13.6 Å². The lowest BCUT2D eigenvalue weighted by Crippen LogP contribution is -2.43. The summed E-state index contributed by atoms with van der Waals surface area (Å²) in [5.74, 6) is 0. The molecule has 3 rings (SSSR count). The average molecular weight is 258 g/mol. The molecule has 2 nitrogen and oxygen atoms in total. The topological polar surface area (TPSA) is 15.3 Å². The largest absolute Gasteiger partial charge is 0.312 e. The molecule has 2 saturated heterocycles. The monoisotopic (exact) mass is 258 g/mol. The van der Waals surface area contributed by atoms with Gasteiger partial charge >= 0.3 is 0 Å². The first-order chi connectivity index (χ1) is 9.34. The molecule has 2 aliphatic rings. The molecule has 3 atom stereocenters. The van der Waals surface area contributed by atoms with Gasteiger partial charge in [0, 0.05) is 18.1 Å². The zero-order valence-corrected chi connectivity index (χ0v) is 12.0. The van der Waals surface area contributed by atoms with Gasteiger partial charge in [0.15, 0.2) is 0 Å². The minimum Gasteiger partial charge on any atom is -0.312 e. The highest BCUT2D eigenvalue weighted by atomic mass is 15.2. The second-order valence-electron chi connectivity index (χ2n) is 6.22. The fourth-order valence-corrected chi connectivity index (χ4v) is 3.85. The molecule has 0 radical (unpaired) electrons. The van der Waals surface area contributed by atoms with Gasteiger partial charge in [0.05, 0.1) is 0 Å². The summed E-state index contributed by atoms with van der Waals surface area (Å²) in [6.45, 7) is 1.22. The highest BCUT2D eigenvalue weighted by Crippen LogP contribution is 2.29. The molecule has 1 aromatic rings. The molecule has 1 N–H and O–H groups in total. The molecule has 0 spiro atoms. The maximum absolute atomic E-state index is 3.79. The Balaban J connectivity index is 1.67. The summed E-state index contributed by atoms with van der Waals surface area (Å²) in [7, 11) is 2.33. The Kier molecular flexibility index (Phi) is 4.19. The van der Waals surface area contributed by atoms with Crippen molar-refractivity contribution >= 4 is 0 Å². The zero-order chi connectivity index (χ0) is 13.1. The van der Waals surface area contributed by atoms with Gasteiger partial charge in [0.2, 0.25) is 0 Å². The van der Waals surface area contributed by atoms with Crippen LogP contribution in [0.1, 0.15) is 37.7 Å². The molecular formula is C17H26N2. The van der Waals surface area contributed by atoms with E-state index in [0.29, 0.717) is 6.04 Å². The summed E-state index contributed by atoms with van der Waals surface area (Å²) >= 11 is 0. The number of fused-ring (bicyclic) bond motifs is 1. The van der Waals surface area contributed by atoms with Crippen LogP contribution in [0.5, 0.6) is 0 Å². The highest BCUT2D eigenvalue weighted by Gasteiger charge is 2.38. The lowest BCUT2D eigenvalue weighted by Gasteiger charge is -2.29. The molecule has 0 bridgehead atoms. The summed E-state index contributed by atoms with van der Waals surface area (Å²) in [4.78, 5) is 2.65. The van der Waals surface area contributed by atoms with Crippen LogP contribution in [-0.2, 0) is 6.42 Å². The minimum atomic E-state index is 0.711. The van der Waals surface area contributed by atoms with Gasteiger partial charge < -0.3 is 5.32 Å². The smallest absolute Gasteiger partial charge is 0.0249 e. The molecule has 3 unspecified atom stereocenters. The number of benzene rings is 1. The molecule has 0 saturated carbocycles. The van der Waals surface area contributed by atoms with E-state index in [1.54, 1.807) is 0 Å². The number of hydrogen-bond acceptors (Lipinski definition) is 2. The van der Waals surface area contributed by atoms with E-state index < -0.39 is 0 Å². The first kappa shape index (κ1) is 13.1. The maximum atomic E-state index is 3.79. The van der Waals surface area contributed by atoms with E-state index in [0.717, 1.165) is 12.1 Å². The normalized spacial score (nSPS) is 32.6. The van der Waals surface area contributed by atoms with E-state index in [1.165, 1.54) is 50.6 Å². The van der Waals surface area contributed by atoms with Gasteiger partial charge in [-0.3, -0.25) is 4.90 Å². The van der Waals surface area contributed by atoms with Crippen LogP contribution < -0.4 is 5.32 Å². The van der Waals surface area contributed by atoms with Crippen LogP contribution in [0, 0.1) is 0 Å². The molecule has 2 aliphatic heterocycles. The molecule has 0 amide bonds. The van der Waals surface area contributed by atoms with Crippen LogP contribution in [0.2, 0.25) is 0 Å². The maximum Gasteiger partial charge on any atom is 0.0249 e. The standard InChI is InChI=1S/C17H26N2/c1-19-15(12-14-8-4-2-5-9-14)13-16-17(19)10-6-3-7-11-18-16/h2,4-5,8-9,15-18H,3,6-7,10-13H2,1H3. The third-order valence-corrected chi connectivity index (χ3v) is 4.99. The third-order valence-electron chi connectivity index (χ3n) is 4.99. The highest BCUT2D eigenvalue weighted by molar-refractivity contribution is 5.17. The second kappa shape index (κ2) is 6.06. The van der Waals surface area contributed by atoms with Crippen LogP contribution in [0.4, 0.5) is 0 Å². The van der Waals surface area contributed by atoms with Crippen LogP contribution in [0.3, 0.4) is 0 Å². The van der Waals surface area contributed by atoms with E-state index >= 15 is 0 Å². The Bertz CT molecular complexity index is 390. The molecule has 19 heavy (non-hydrogen) atoms. The Morgan fingerprint density at radius 3 is 2.84 bits per heavy atom. The van der Waals surface area contributed by atoms with Crippen molar-refractivity contribution in [2.24, 2.45) is 0 Å². The van der Waals surface area contributed by atoms with Crippen LogP contribution >= 0.6 is 0 Å². The molecule has 0 aromatic heterocycles. The minimum absolute atomic E-state index is 0.711. The van der Waals surface area contributed by atoms with Crippen molar-refractivity contribution < 1.29 is 0 Å². The van der Waals surface area contributed by atoms with E-state index in [4.69, 9.17) is 0 Å². The number of hydrogen-bond donors (Lipinski definition) is 1. The fourth-order valence-electron chi connectivity index (χ4n) is 3.85. The van der Waals surface area contributed by atoms with Gasteiger partial charge in [-0.2, -0.15) is 0 Å². The summed E-state index contributed by atoms with van der Waals surface area (Å²) in [6, 6.07) is 13.1. The molecule has 2 fully saturated rings. The second-order valence-corrected chi connectivity index (χ2v) is 6.22. The van der Waals surface area contributed by atoms with Crippen LogP contribution in [-0.4, -0.2) is 36.6 Å². The first-order valence-electron chi connectivity index (χ1n) is 7.84. The fraction of sp³-hybridized carbons (Fsp3) is 0.647. The van der Waals surface area contributed by atoms with Gasteiger partial charge in [0.25, 0.3) is 0 Å². The van der Waals surface area contributed by atoms with Crippen LogP contribution in [0.15, 0.2) is 30.3 Å². The van der Waals surface area contributed by atoms with Crippen LogP contribution in [0.25, 0.3) is 0 Å². The molecule has 1 aromatic carbocycles. The number of nitrogens with one attached hydrogen (secondary N) is 1. The van der Waals surface area contributed by atoms with Gasteiger partial charge in [-0.15, -0.1) is 0 Å².